The van der Waals surface area contributed by atoms with E-state index >= 15 is 0 Å². The van der Waals surface area contributed by atoms with Crippen LogP contribution in [0.15, 0.2) is 24.3 Å². The van der Waals surface area contributed by atoms with E-state index in [1.54, 1.807) is 26.8 Å². The Labute approximate surface area is 141 Å². The Kier molecular flexibility index (Phi) is 5.77. The molecular formula is C19H30O3S. The fourth-order valence-corrected chi connectivity index (χ4v) is 4.78. The van der Waals surface area contributed by atoms with Gasteiger partial charge in [0.1, 0.15) is 5.75 Å². The van der Waals surface area contributed by atoms with Gasteiger partial charge in [0, 0.05) is 0 Å². The van der Waals surface area contributed by atoms with E-state index in [2.05, 4.69) is 6.07 Å². The van der Waals surface area contributed by atoms with Gasteiger partial charge in [-0.3, -0.25) is 0 Å². The van der Waals surface area contributed by atoms with Gasteiger partial charge in [0.25, 0.3) is 0 Å². The van der Waals surface area contributed by atoms with Crippen molar-refractivity contribution in [3.05, 3.63) is 29.8 Å². The molecule has 0 unspecified atom stereocenters. The van der Waals surface area contributed by atoms with Crippen molar-refractivity contribution < 1.29 is 13.5 Å². The van der Waals surface area contributed by atoms with Crippen LogP contribution in [0.1, 0.15) is 58.4 Å². The Morgan fingerprint density at radius 3 is 2.26 bits per heavy atom. The van der Waals surface area contributed by atoms with Crippen molar-refractivity contribution in [1.82, 2.24) is 0 Å². The molecule has 1 aliphatic rings. The van der Waals surface area contributed by atoms with Crippen LogP contribution in [0.4, 0.5) is 0 Å². The zero-order valence-electron chi connectivity index (χ0n) is 14.6. The topological polar surface area (TPSA) is 54.4 Å². The molecule has 0 bridgehead atoms. The average Bonchev–Trinajstić information content (AvgIpc) is 2.45. The predicted molar refractivity (Wildman–Crippen MR) is 95.4 cm³/mol. The number of aryl methyl sites for hydroxylation is 1. The van der Waals surface area contributed by atoms with E-state index in [9.17, 15) is 13.5 Å². The molecule has 1 aliphatic carbocycles. The van der Waals surface area contributed by atoms with Crippen LogP contribution in [0.5, 0.6) is 5.75 Å². The molecule has 2 rings (SSSR count). The summed E-state index contributed by atoms with van der Waals surface area (Å²) in [4.78, 5) is 0. The van der Waals surface area contributed by atoms with Gasteiger partial charge >= 0.3 is 0 Å². The number of phenolic OH excluding ortho intramolecular Hbond substituents is 1. The second kappa shape index (κ2) is 7.25. The van der Waals surface area contributed by atoms with Crippen molar-refractivity contribution in [1.29, 1.82) is 0 Å². The van der Waals surface area contributed by atoms with Crippen LogP contribution in [0.3, 0.4) is 0 Å². The Morgan fingerprint density at radius 2 is 1.70 bits per heavy atom. The SMILES string of the molecule is CC(C)(C)S(=O)(=O)CC1CCC(CCc2cccc(O)c2)CC1. The second-order valence-corrected chi connectivity index (χ2v) is 10.8. The molecule has 1 saturated carbocycles. The maximum absolute atomic E-state index is 12.3. The number of sulfone groups is 1. The molecule has 0 radical (unpaired) electrons. The van der Waals surface area contributed by atoms with Gasteiger partial charge in [0.15, 0.2) is 9.84 Å². The molecular weight excluding hydrogens is 308 g/mol. The summed E-state index contributed by atoms with van der Waals surface area (Å²) in [5, 5.41) is 9.50. The standard InChI is InChI=1S/C19H30O3S/c1-19(2,3)23(21,22)14-17-11-8-15(9-12-17)7-10-16-5-4-6-18(20)13-16/h4-6,13,15,17,20H,7-12,14H2,1-3H3. The van der Waals surface area contributed by atoms with Gasteiger partial charge < -0.3 is 5.11 Å². The fourth-order valence-electron chi connectivity index (χ4n) is 3.33. The third-order valence-electron chi connectivity index (χ3n) is 5.11. The minimum Gasteiger partial charge on any atom is -0.508 e. The van der Waals surface area contributed by atoms with Gasteiger partial charge in [0.2, 0.25) is 0 Å². The maximum atomic E-state index is 12.3. The van der Waals surface area contributed by atoms with E-state index in [0.717, 1.165) is 38.5 Å². The lowest BCUT2D eigenvalue weighted by atomic mass is 9.80. The summed E-state index contributed by atoms with van der Waals surface area (Å²) < 4.78 is 24.0. The van der Waals surface area contributed by atoms with E-state index in [0.29, 0.717) is 23.3 Å². The van der Waals surface area contributed by atoms with Gasteiger partial charge in [-0.1, -0.05) is 25.0 Å². The van der Waals surface area contributed by atoms with Crippen molar-refractivity contribution in [2.45, 2.75) is 64.0 Å². The molecule has 0 spiro atoms. The van der Waals surface area contributed by atoms with Crippen LogP contribution in [0, 0.1) is 11.8 Å². The normalized spacial score (nSPS) is 22.9. The van der Waals surface area contributed by atoms with E-state index in [1.807, 2.05) is 12.1 Å². The molecule has 1 fully saturated rings. The van der Waals surface area contributed by atoms with Gasteiger partial charge in [-0.15, -0.1) is 0 Å². The minimum absolute atomic E-state index is 0.330. The third-order valence-corrected chi connectivity index (χ3v) is 7.88. The van der Waals surface area contributed by atoms with Crippen LogP contribution < -0.4 is 0 Å². The Morgan fingerprint density at radius 1 is 1.09 bits per heavy atom. The van der Waals surface area contributed by atoms with Crippen LogP contribution in [-0.4, -0.2) is 24.0 Å². The number of rotatable bonds is 5. The largest absolute Gasteiger partial charge is 0.508 e. The molecule has 130 valence electrons. The molecule has 1 aromatic carbocycles. The minimum atomic E-state index is -3.00. The summed E-state index contributed by atoms with van der Waals surface area (Å²) in [6.07, 6.45) is 6.43. The highest BCUT2D eigenvalue weighted by atomic mass is 32.2. The monoisotopic (exact) mass is 338 g/mol. The zero-order valence-corrected chi connectivity index (χ0v) is 15.4. The molecule has 1 N–H and O–H groups in total. The van der Waals surface area contributed by atoms with Crippen molar-refractivity contribution in [3.63, 3.8) is 0 Å². The number of hydrogen-bond acceptors (Lipinski definition) is 3. The van der Waals surface area contributed by atoms with Gasteiger partial charge in [-0.2, -0.15) is 0 Å². The molecule has 1 aromatic rings. The lowest BCUT2D eigenvalue weighted by Gasteiger charge is -2.30. The summed E-state index contributed by atoms with van der Waals surface area (Å²) >= 11 is 0. The first-order chi connectivity index (χ1) is 10.7. The first-order valence-electron chi connectivity index (χ1n) is 8.67. The van der Waals surface area contributed by atoms with E-state index in [1.165, 1.54) is 5.56 Å². The van der Waals surface area contributed by atoms with Crippen molar-refractivity contribution >= 4 is 9.84 Å². The molecule has 0 heterocycles. The quantitative estimate of drug-likeness (QED) is 0.868. The van der Waals surface area contributed by atoms with Gasteiger partial charge in [-0.05, 0) is 76.0 Å². The molecule has 4 heteroatoms. The number of phenols is 1. The van der Waals surface area contributed by atoms with Crippen molar-refractivity contribution in [2.75, 3.05) is 5.75 Å². The van der Waals surface area contributed by atoms with E-state index < -0.39 is 14.6 Å². The number of aromatic hydroxyl groups is 1. The van der Waals surface area contributed by atoms with Crippen LogP contribution in [0.2, 0.25) is 0 Å². The van der Waals surface area contributed by atoms with Crippen molar-refractivity contribution in [3.8, 4) is 5.75 Å². The third kappa shape index (κ3) is 5.23. The molecule has 0 amide bonds. The first-order valence-corrected chi connectivity index (χ1v) is 10.3. The summed E-state index contributed by atoms with van der Waals surface area (Å²) in [6.45, 7) is 5.38. The molecule has 0 aliphatic heterocycles. The number of hydrogen-bond donors (Lipinski definition) is 1. The lowest BCUT2D eigenvalue weighted by Crippen LogP contribution is -2.34. The Bertz CT molecular complexity index is 606. The Hall–Kier alpha value is -1.03. The lowest BCUT2D eigenvalue weighted by molar-refractivity contribution is 0.278. The van der Waals surface area contributed by atoms with Crippen LogP contribution >= 0.6 is 0 Å². The molecule has 0 aromatic heterocycles. The van der Waals surface area contributed by atoms with E-state index in [-0.39, 0.29) is 0 Å². The van der Waals surface area contributed by atoms with Crippen molar-refractivity contribution in [2.24, 2.45) is 11.8 Å². The number of benzene rings is 1. The van der Waals surface area contributed by atoms with Gasteiger partial charge in [0.05, 0.1) is 10.5 Å². The van der Waals surface area contributed by atoms with E-state index in [4.69, 9.17) is 0 Å². The second-order valence-electron chi connectivity index (χ2n) is 7.99. The van der Waals surface area contributed by atoms with Crippen LogP contribution in [-0.2, 0) is 16.3 Å². The summed E-state index contributed by atoms with van der Waals surface area (Å²) in [5.41, 5.74) is 1.18. The Balaban J connectivity index is 1.78. The summed E-state index contributed by atoms with van der Waals surface area (Å²) in [6, 6.07) is 7.48. The zero-order chi connectivity index (χ0) is 17.1. The first kappa shape index (κ1) is 18.3. The average molecular weight is 339 g/mol. The molecule has 0 saturated heterocycles. The van der Waals surface area contributed by atoms with Crippen LogP contribution in [0.25, 0.3) is 0 Å². The molecule has 3 nitrogen and oxygen atoms in total. The smallest absolute Gasteiger partial charge is 0.155 e. The predicted octanol–water partition coefficient (Wildman–Crippen LogP) is 4.34. The highest BCUT2D eigenvalue weighted by molar-refractivity contribution is 7.92. The fraction of sp³-hybridized carbons (Fsp3) is 0.684. The highest BCUT2D eigenvalue weighted by Crippen LogP contribution is 2.34. The maximum Gasteiger partial charge on any atom is 0.155 e. The molecule has 23 heavy (non-hydrogen) atoms. The van der Waals surface area contributed by atoms with Gasteiger partial charge in [-0.25, -0.2) is 8.42 Å². The summed E-state index contributed by atoms with van der Waals surface area (Å²) in [7, 11) is -3.00. The highest BCUT2D eigenvalue weighted by Gasteiger charge is 2.33. The molecule has 0 atom stereocenters. The summed E-state index contributed by atoms with van der Waals surface area (Å²) in [5.74, 6) is 1.69.